The van der Waals surface area contributed by atoms with Crippen LogP contribution in [0.2, 0.25) is 0 Å². The zero-order chi connectivity index (χ0) is 25.5. The summed E-state index contributed by atoms with van der Waals surface area (Å²) in [6, 6.07) is 17.3. The Morgan fingerprint density at radius 3 is 2.76 bits per heavy atom. The number of nitrogens with one attached hydrogen (secondary N) is 1. The molecule has 2 aromatic carbocycles. The average molecular weight is 504 g/mol. The number of aromatic nitrogens is 5. The Hall–Kier alpha value is -4.62. The lowest BCUT2D eigenvalue weighted by Crippen LogP contribution is -2.36. The molecule has 1 amide bonds. The Morgan fingerprint density at radius 2 is 1.97 bits per heavy atom. The summed E-state index contributed by atoms with van der Waals surface area (Å²) in [6.07, 6.45) is 1.52. The van der Waals surface area contributed by atoms with Gasteiger partial charge in [0.1, 0.15) is 18.1 Å². The lowest BCUT2D eigenvalue weighted by Gasteiger charge is -2.25. The number of nitrogen functional groups attached to an aromatic ring is 1. The minimum absolute atomic E-state index is 0.0207. The van der Waals surface area contributed by atoms with Crippen molar-refractivity contribution in [2.45, 2.75) is 13.2 Å². The van der Waals surface area contributed by atoms with Crippen molar-refractivity contribution < 1.29 is 18.9 Å². The third-order valence-corrected chi connectivity index (χ3v) is 5.61. The summed E-state index contributed by atoms with van der Waals surface area (Å²) in [6.45, 7) is 3.47. The van der Waals surface area contributed by atoms with E-state index in [-0.39, 0.29) is 17.3 Å². The van der Waals surface area contributed by atoms with Crippen LogP contribution in [0.5, 0.6) is 5.75 Å². The number of hydrogen-bond acceptors (Lipinski definition) is 11. The molecule has 3 N–H and O–H groups in total. The molecule has 37 heavy (non-hydrogen) atoms. The van der Waals surface area contributed by atoms with Crippen molar-refractivity contribution in [3.63, 3.8) is 0 Å². The second-order valence-corrected chi connectivity index (χ2v) is 8.20. The number of morpholine rings is 1. The zero-order valence-corrected chi connectivity index (χ0v) is 19.9. The summed E-state index contributed by atoms with van der Waals surface area (Å²) in [5.74, 6) is 0.192. The lowest BCUT2D eigenvalue weighted by molar-refractivity contribution is 0.0335. The fourth-order valence-corrected chi connectivity index (χ4v) is 3.75. The van der Waals surface area contributed by atoms with E-state index >= 15 is 0 Å². The van der Waals surface area contributed by atoms with Gasteiger partial charge >= 0.3 is 0 Å². The molecule has 5 rings (SSSR count). The summed E-state index contributed by atoms with van der Waals surface area (Å²) >= 11 is 0. The number of rotatable bonds is 9. The van der Waals surface area contributed by atoms with E-state index in [2.05, 4.69) is 40.7 Å². The van der Waals surface area contributed by atoms with E-state index in [1.165, 1.54) is 10.9 Å². The largest absolute Gasteiger partial charge is 0.489 e. The highest BCUT2D eigenvalue weighted by molar-refractivity contribution is 5.95. The molecule has 2 aromatic heterocycles. The van der Waals surface area contributed by atoms with Crippen molar-refractivity contribution in [2.75, 3.05) is 32.0 Å². The number of carbonyl (C=O) groups excluding carboxylic acids is 1. The van der Waals surface area contributed by atoms with E-state index in [0.29, 0.717) is 50.9 Å². The summed E-state index contributed by atoms with van der Waals surface area (Å²) in [4.78, 5) is 15.3. The molecular formula is C24H25N9O4. The number of carbonyl (C=O) groups is 1. The van der Waals surface area contributed by atoms with Gasteiger partial charge in [-0.1, -0.05) is 47.7 Å². The quantitative estimate of drug-likeness (QED) is 0.253. The van der Waals surface area contributed by atoms with E-state index in [1.54, 1.807) is 0 Å². The Morgan fingerprint density at radius 1 is 1.14 bits per heavy atom. The van der Waals surface area contributed by atoms with Crippen molar-refractivity contribution in [3.8, 4) is 11.6 Å². The molecule has 0 spiro atoms. The summed E-state index contributed by atoms with van der Waals surface area (Å²) in [7, 11) is 0. The first-order valence-corrected chi connectivity index (χ1v) is 11.6. The highest BCUT2D eigenvalue weighted by Crippen LogP contribution is 2.18. The van der Waals surface area contributed by atoms with E-state index in [4.69, 9.17) is 15.2 Å². The van der Waals surface area contributed by atoms with Gasteiger partial charge in [0, 0.05) is 19.6 Å². The van der Waals surface area contributed by atoms with Crippen LogP contribution in [0.4, 0.5) is 5.82 Å². The van der Waals surface area contributed by atoms with Crippen LogP contribution in [-0.4, -0.2) is 68.6 Å². The maximum Gasteiger partial charge on any atom is 0.292 e. The maximum absolute atomic E-state index is 13.2. The van der Waals surface area contributed by atoms with Gasteiger partial charge in [0.2, 0.25) is 11.6 Å². The van der Waals surface area contributed by atoms with Crippen LogP contribution in [0.1, 0.15) is 27.3 Å². The van der Waals surface area contributed by atoms with Crippen molar-refractivity contribution in [1.82, 2.24) is 35.6 Å². The van der Waals surface area contributed by atoms with Crippen LogP contribution in [-0.2, 0) is 17.9 Å². The van der Waals surface area contributed by atoms with Crippen LogP contribution < -0.4 is 15.9 Å². The molecule has 4 aromatic rings. The van der Waals surface area contributed by atoms with Crippen LogP contribution in [0.15, 0.2) is 64.3 Å². The molecule has 3 heterocycles. The predicted molar refractivity (Wildman–Crippen MR) is 132 cm³/mol. The molecule has 1 aliphatic rings. The lowest BCUT2D eigenvalue weighted by atomic mass is 10.2. The van der Waals surface area contributed by atoms with E-state index in [0.717, 1.165) is 11.1 Å². The molecule has 0 bridgehead atoms. The summed E-state index contributed by atoms with van der Waals surface area (Å²) in [5, 5.41) is 19.7. The minimum Gasteiger partial charge on any atom is -0.489 e. The number of nitrogens with two attached hydrogens (primary N) is 1. The van der Waals surface area contributed by atoms with E-state index in [9.17, 15) is 4.79 Å². The van der Waals surface area contributed by atoms with Gasteiger partial charge in [-0.2, -0.15) is 9.78 Å². The van der Waals surface area contributed by atoms with Gasteiger partial charge in [0.05, 0.1) is 19.4 Å². The second-order valence-electron chi connectivity index (χ2n) is 8.20. The predicted octanol–water partition coefficient (Wildman–Crippen LogP) is 1.41. The Labute approximate surface area is 211 Å². The number of amides is 1. The van der Waals surface area contributed by atoms with Crippen LogP contribution >= 0.6 is 0 Å². The SMILES string of the molecule is Nc1nonc1-n1nnc(CN2CCOCC2)c1C(=O)N/N=C/c1cccc(OCc2ccccc2)c1. The Kier molecular flexibility index (Phi) is 7.43. The van der Waals surface area contributed by atoms with E-state index < -0.39 is 5.91 Å². The van der Waals surface area contributed by atoms with Crippen molar-refractivity contribution in [3.05, 3.63) is 77.1 Å². The normalized spacial score (nSPS) is 14.2. The van der Waals surface area contributed by atoms with Gasteiger partial charge in [-0.15, -0.1) is 5.10 Å². The number of hydrogen-bond donors (Lipinski definition) is 2. The van der Waals surface area contributed by atoms with Gasteiger partial charge < -0.3 is 15.2 Å². The zero-order valence-electron chi connectivity index (χ0n) is 19.9. The highest BCUT2D eigenvalue weighted by Gasteiger charge is 2.26. The molecule has 13 heteroatoms. The molecule has 0 radical (unpaired) electrons. The third-order valence-electron chi connectivity index (χ3n) is 5.61. The van der Waals surface area contributed by atoms with Crippen LogP contribution in [0.25, 0.3) is 5.82 Å². The second kappa shape index (κ2) is 11.4. The first-order valence-electron chi connectivity index (χ1n) is 11.6. The van der Waals surface area contributed by atoms with Crippen LogP contribution in [0.3, 0.4) is 0 Å². The third kappa shape index (κ3) is 5.97. The minimum atomic E-state index is -0.539. The fourth-order valence-electron chi connectivity index (χ4n) is 3.75. The van der Waals surface area contributed by atoms with Crippen molar-refractivity contribution in [1.29, 1.82) is 0 Å². The Bertz CT molecular complexity index is 1360. The molecule has 0 saturated carbocycles. The molecule has 1 fully saturated rings. The highest BCUT2D eigenvalue weighted by atomic mass is 16.6. The van der Waals surface area contributed by atoms with Gasteiger partial charge in [-0.3, -0.25) is 9.69 Å². The van der Waals surface area contributed by atoms with Crippen molar-refractivity contribution >= 4 is 17.9 Å². The first-order chi connectivity index (χ1) is 18.2. The fraction of sp³-hybridized carbons (Fsp3) is 0.250. The number of hydrazone groups is 1. The summed E-state index contributed by atoms with van der Waals surface area (Å²) in [5.41, 5.74) is 10.7. The molecule has 190 valence electrons. The first kappa shape index (κ1) is 24.1. The standard InChI is InChI=1S/C24H25N9O4/c25-22-23(30-37-29-22)33-21(20(27-31-33)15-32-9-11-35-12-10-32)24(34)28-26-14-18-7-4-8-19(13-18)36-16-17-5-2-1-3-6-17/h1-8,13-14H,9-12,15-16H2,(H2,25,29)(H,28,34)/b26-14+. The van der Waals surface area contributed by atoms with Crippen molar-refractivity contribution in [2.24, 2.45) is 5.10 Å². The average Bonchev–Trinajstić information content (AvgIpc) is 3.54. The van der Waals surface area contributed by atoms with Crippen LogP contribution in [0, 0.1) is 0 Å². The molecular weight excluding hydrogens is 478 g/mol. The number of anilines is 1. The van der Waals surface area contributed by atoms with Gasteiger partial charge in [-0.25, -0.2) is 10.1 Å². The van der Waals surface area contributed by atoms with Gasteiger partial charge in [-0.05, 0) is 33.6 Å². The smallest absolute Gasteiger partial charge is 0.292 e. The summed E-state index contributed by atoms with van der Waals surface area (Å²) < 4.78 is 17.1. The topological polar surface area (TPSA) is 159 Å². The van der Waals surface area contributed by atoms with Gasteiger partial charge in [0.15, 0.2) is 5.69 Å². The number of benzene rings is 2. The monoisotopic (exact) mass is 503 g/mol. The van der Waals surface area contributed by atoms with Gasteiger partial charge in [0.25, 0.3) is 5.91 Å². The molecule has 0 atom stereocenters. The maximum atomic E-state index is 13.2. The molecule has 0 unspecified atom stereocenters. The molecule has 1 aliphatic heterocycles. The van der Waals surface area contributed by atoms with E-state index in [1.807, 2.05) is 54.6 Å². The number of ether oxygens (including phenoxy) is 2. The molecule has 13 nitrogen and oxygen atoms in total. The Balaban J connectivity index is 1.29. The molecule has 1 saturated heterocycles. The number of nitrogens with zero attached hydrogens (tertiary/aromatic N) is 7. The molecule has 0 aliphatic carbocycles.